The highest BCUT2D eigenvalue weighted by Crippen LogP contribution is 2.56. The van der Waals surface area contributed by atoms with Crippen molar-refractivity contribution in [3.05, 3.63) is 0 Å². The number of rotatable bonds is 3. The molecule has 3 aliphatic rings. The highest BCUT2D eigenvalue weighted by Gasteiger charge is 2.56. The zero-order chi connectivity index (χ0) is 24.8. The minimum Gasteiger partial charge on any atom is -0.444 e. The lowest BCUT2D eigenvalue weighted by Gasteiger charge is -2.56. The number of aliphatic hydroxyl groups is 1. The summed E-state index contributed by atoms with van der Waals surface area (Å²) in [5.41, 5.74) is -2.15. The molecule has 2 bridgehead atoms. The molecule has 3 fully saturated rings. The van der Waals surface area contributed by atoms with E-state index in [2.05, 4.69) is 32.2 Å². The van der Waals surface area contributed by atoms with E-state index in [1.165, 1.54) is 0 Å². The number of piperidine rings is 1. The summed E-state index contributed by atoms with van der Waals surface area (Å²) in [6.45, 7) is 14.2. The fraction of sp³-hybridized carbons (Fsp3) is 0.885. The Kier molecular flexibility index (Phi) is 7.11. The van der Waals surface area contributed by atoms with E-state index in [1.807, 2.05) is 6.92 Å². The molecule has 186 valence electrons. The third-order valence-corrected chi connectivity index (χ3v) is 8.03. The van der Waals surface area contributed by atoms with E-state index in [-0.39, 0.29) is 11.8 Å². The molecule has 1 heterocycles. The first-order valence-corrected chi connectivity index (χ1v) is 12.6. The second-order valence-corrected chi connectivity index (χ2v) is 12.8. The largest absolute Gasteiger partial charge is 0.444 e. The molecule has 2 N–H and O–H groups in total. The number of ether oxygens (including phenoxy) is 1. The van der Waals surface area contributed by atoms with Crippen LogP contribution in [0.5, 0.6) is 0 Å². The van der Waals surface area contributed by atoms with Crippen LogP contribution in [0.2, 0.25) is 0 Å². The van der Waals surface area contributed by atoms with Crippen molar-refractivity contribution in [2.75, 3.05) is 6.54 Å². The number of hydrogen-bond acceptors (Lipinski definition) is 5. The Balaban J connectivity index is 1.99. The number of amides is 2. The standard InChI is InChI=1S/C26H43N3O4/c1-16-8-19-11-25(7,32)15-26(10-16,12-19)21(28-23(31)33-24(4,5)6)22(30)29-14-18(3)17(2)9-20(29)13-27/h16-21,32H,8-12,14-15H2,1-7H3,(H,28,31). The Morgan fingerprint density at radius 3 is 2.42 bits per heavy atom. The summed E-state index contributed by atoms with van der Waals surface area (Å²) in [6.07, 6.45) is 3.73. The molecule has 7 nitrogen and oxygen atoms in total. The van der Waals surface area contributed by atoms with E-state index in [9.17, 15) is 20.0 Å². The quantitative estimate of drug-likeness (QED) is 0.654. The number of hydrogen-bond donors (Lipinski definition) is 2. The monoisotopic (exact) mass is 461 g/mol. The molecule has 8 atom stereocenters. The van der Waals surface area contributed by atoms with Gasteiger partial charge in [0.05, 0.1) is 11.7 Å². The van der Waals surface area contributed by atoms with Crippen LogP contribution in [0, 0.1) is 40.4 Å². The van der Waals surface area contributed by atoms with Gasteiger partial charge in [-0.15, -0.1) is 0 Å². The molecule has 0 aromatic rings. The summed E-state index contributed by atoms with van der Waals surface area (Å²) in [4.78, 5) is 28.8. The van der Waals surface area contributed by atoms with Crippen LogP contribution in [0.3, 0.4) is 0 Å². The van der Waals surface area contributed by atoms with Gasteiger partial charge in [0.1, 0.15) is 17.7 Å². The number of fused-ring (bicyclic) bond motifs is 2. The highest BCUT2D eigenvalue weighted by atomic mass is 16.6. The normalized spacial score (nSPS) is 39.8. The van der Waals surface area contributed by atoms with Crippen molar-refractivity contribution in [1.29, 1.82) is 5.26 Å². The summed E-state index contributed by atoms with van der Waals surface area (Å²) in [5, 5.41) is 23.9. The molecule has 2 amide bonds. The van der Waals surface area contributed by atoms with Crippen molar-refractivity contribution in [1.82, 2.24) is 10.2 Å². The van der Waals surface area contributed by atoms with Crippen LogP contribution in [0.25, 0.3) is 0 Å². The van der Waals surface area contributed by atoms with Crippen molar-refractivity contribution < 1.29 is 19.4 Å². The lowest BCUT2D eigenvalue weighted by molar-refractivity contribution is -0.151. The molecule has 0 aromatic heterocycles. The molecule has 7 heteroatoms. The predicted molar refractivity (Wildman–Crippen MR) is 126 cm³/mol. The maximum absolute atomic E-state index is 14.2. The molecule has 0 radical (unpaired) electrons. The van der Waals surface area contributed by atoms with Crippen LogP contribution in [-0.2, 0) is 9.53 Å². The van der Waals surface area contributed by atoms with Gasteiger partial charge in [-0.1, -0.05) is 20.8 Å². The van der Waals surface area contributed by atoms with Crippen molar-refractivity contribution in [3.8, 4) is 6.07 Å². The Bertz CT molecular complexity index is 794. The van der Waals surface area contributed by atoms with Gasteiger partial charge in [-0.3, -0.25) is 4.79 Å². The summed E-state index contributed by atoms with van der Waals surface area (Å²) in [5.74, 6) is 1.11. The average molecular weight is 462 g/mol. The lowest BCUT2D eigenvalue weighted by Crippen LogP contribution is -2.65. The van der Waals surface area contributed by atoms with Crippen molar-refractivity contribution >= 4 is 12.0 Å². The van der Waals surface area contributed by atoms with Gasteiger partial charge in [-0.2, -0.15) is 5.26 Å². The summed E-state index contributed by atoms with van der Waals surface area (Å²) < 4.78 is 5.55. The van der Waals surface area contributed by atoms with Crippen molar-refractivity contribution in [2.24, 2.45) is 29.1 Å². The summed E-state index contributed by atoms with van der Waals surface area (Å²) >= 11 is 0. The zero-order valence-electron chi connectivity index (χ0n) is 21.5. The first kappa shape index (κ1) is 25.8. The van der Waals surface area contributed by atoms with Gasteiger partial charge in [0, 0.05) is 12.0 Å². The summed E-state index contributed by atoms with van der Waals surface area (Å²) in [6, 6.07) is 0.983. The minimum atomic E-state index is -0.893. The zero-order valence-corrected chi connectivity index (χ0v) is 21.5. The van der Waals surface area contributed by atoms with Gasteiger partial charge in [0.25, 0.3) is 0 Å². The van der Waals surface area contributed by atoms with Crippen LogP contribution in [0.1, 0.15) is 87.0 Å². The Hall–Kier alpha value is -1.81. The third kappa shape index (κ3) is 5.82. The maximum atomic E-state index is 14.2. The molecule has 33 heavy (non-hydrogen) atoms. The molecule has 2 saturated carbocycles. The second-order valence-electron chi connectivity index (χ2n) is 12.8. The van der Waals surface area contributed by atoms with Crippen LogP contribution >= 0.6 is 0 Å². The van der Waals surface area contributed by atoms with E-state index in [4.69, 9.17) is 4.74 Å². The molecule has 1 saturated heterocycles. The van der Waals surface area contributed by atoms with Gasteiger partial charge in [0.2, 0.25) is 5.91 Å². The van der Waals surface area contributed by atoms with Crippen LogP contribution in [0.15, 0.2) is 0 Å². The molecule has 1 aliphatic heterocycles. The van der Waals surface area contributed by atoms with Crippen LogP contribution in [0.4, 0.5) is 4.79 Å². The lowest BCUT2D eigenvalue weighted by atomic mass is 9.52. The molecule has 2 aliphatic carbocycles. The number of likely N-dealkylation sites (tertiary alicyclic amines) is 1. The second kappa shape index (κ2) is 9.09. The Morgan fingerprint density at radius 2 is 1.82 bits per heavy atom. The molecule has 3 rings (SSSR count). The minimum absolute atomic E-state index is 0.211. The summed E-state index contributed by atoms with van der Waals surface area (Å²) in [7, 11) is 0. The van der Waals surface area contributed by atoms with Crippen molar-refractivity contribution in [2.45, 2.75) is 110 Å². The first-order chi connectivity index (χ1) is 15.1. The van der Waals surface area contributed by atoms with Gasteiger partial charge in [-0.05, 0) is 89.9 Å². The van der Waals surface area contributed by atoms with Gasteiger partial charge < -0.3 is 20.1 Å². The van der Waals surface area contributed by atoms with E-state index in [0.29, 0.717) is 43.6 Å². The van der Waals surface area contributed by atoms with E-state index in [0.717, 1.165) is 19.3 Å². The van der Waals surface area contributed by atoms with Crippen LogP contribution < -0.4 is 5.32 Å². The van der Waals surface area contributed by atoms with E-state index < -0.39 is 34.8 Å². The maximum Gasteiger partial charge on any atom is 0.408 e. The number of carbonyl (C=O) groups is 2. The third-order valence-electron chi connectivity index (χ3n) is 8.03. The first-order valence-electron chi connectivity index (χ1n) is 12.6. The Labute approximate surface area is 199 Å². The van der Waals surface area contributed by atoms with Gasteiger partial charge >= 0.3 is 6.09 Å². The number of nitrogens with one attached hydrogen (secondary N) is 1. The van der Waals surface area contributed by atoms with Crippen molar-refractivity contribution in [3.63, 3.8) is 0 Å². The topological polar surface area (TPSA) is 103 Å². The fourth-order valence-electron chi connectivity index (χ4n) is 6.94. The van der Waals surface area contributed by atoms with Crippen LogP contribution in [-0.4, -0.2) is 51.8 Å². The Morgan fingerprint density at radius 1 is 1.15 bits per heavy atom. The highest BCUT2D eigenvalue weighted by molar-refractivity contribution is 5.87. The molecular weight excluding hydrogens is 418 g/mol. The molecule has 8 unspecified atom stereocenters. The number of nitriles is 1. The smallest absolute Gasteiger partial charge is 0.408 e. The van der Waals surface area contributed by atoms with E-state index >= 15 is 0 Å². The molecule has 0 spiro atoms. The number of carbonyl (C=O) groups excluding carboxylic acids is 2. The molecule has 0 aromatic carbocycles. The van der Waals surface area contributed by atoms with Gasteiger partial charge in [-0.25, -0.2) is 4.79 Å². The number of alkyl carbamates (subject to hydrolysis) is 1. The SMILES string of the molecule is CC1CC2CC(C)(O)CC(C(NC(=O)OC(C)(C)C)C(=O)N3CC(C)C(C)CC3C#N)(C1)C2. The fourth-order valence-corrected chi connectivity index (χ4v) is 6.94. The van der Waals surface area contributed by atoms with E-state index in [1.54, 1.807) is 25.7 Å². The van der Waals surface area contributed by atoms with Gasteiger partial charge in [0.15, 0.2) is 0 Å². The predicted octanol–water partition coefficient (Wildman–Crippen LogP) is 4.24. The number of nitrogens with zero attached hydrogens (tertiary/aromatic N) is 2. The molecular formula is C26H43N3O4. The average Bonchev–Trinajstić information content (AvgIpc) is 2.63.